The van der Waals surface area contributed by atoms with Crippen LogP contribution < -0.4 is 21.5 Å². The number of nitrogens with two attached hydrogens (primary N) is 2. The van der Waals surface area contributed by atoms with Crippen molar-refractivity contribution in [2.75, 3.05) is 12.9 Å². The number of carbonyl (C=O) groups is 1. The van der Waals surface area contributed by atoms with Crippen molar-refractivity contribution in [1.82, 2.24) is 5.32 Å². The van der Waals surface area contributed by atoms with Gasteiger partial charge in [0.1, 0.15) is 12.0 Å². The minimum Gasteiger partial charge on any atom is -0.497 e. The summed E-state index contributed by atoms with van der Waals surface area (Å²) in [6.07, 6.45) is -0.537. The van der Waals surface area contributed by atoms with Crippen LogP contribution in [0.5, 0.6) is 5.75 Å². The number of hydrogen-bond donors (Lipinski definition) is 3. The fourth-order valence-electron chi connectivity index (χ4n) is 3.48. The first-order chi connectivity index (χ1) is 14.6. The van der Waals surface area contributed by atoms with Gasteiger partial charge in [-0.05, 0) is 28.8 Å². The summed E-state index contributed by atoms with van der Waals surface area (Å²) >= 11 is 1.71. The van der Waals surface area contributed by atoms with Gasteiger partial charge in [-0.1, -0.05) is 72.8 Å². The SMILES string of the molecule is COc1ccc(C(SCCC(=O)NC(N)N)(c2ccccc2)c2ccccc2)cc1. The lowest BCUT2D eigenvalue weighted by Gasteiger charge is -2.35. The van der Waals surface area contributed by atoms with Crippen LogP contribution in [0.4, 0.5) is 0 Å². The Morgan fingerprint density at radius 3 is 1.87 bits per heavy atom. The third-order valence-electron chi connectivity index (χ3n) is 4.83. The molecule has 3 aromatic rings. The van der Waals surface area contributed by atoms with Crippen LogP contribution in [-0.4, -0.2) is 25.1 Å². The molecule has 3 rings (SSSR count). The van der Waals surface area contributed by atoms with Crippen LogP contribution >= 0.6 is 11.8 Å². The predicted octanol–water partition coefficient (Wildman–Crippen LogP) is 3.43. The lowest BCUT2D eigenvalue weighted by atomic mass is 9.84. The first-order valence-corrected chi connectivity index (χ1v) is 10.7. The molecule has 0 bridgehead atoms. The number of hydrogen-bond acceptors (Lipinski definition) is 5. The van der Waals surface area contributed by atoms with Crippen molar-refractivity contribution in [3.8, 4) is 5.75 Å². The molecule has 0 radical (unpaired) electrons. The fraction of sp³-hybridized carbons (Fsp3) is 0.208. The summed E-state index contributed by atoms with van der Waals surface area (Å²) in [6.45, 7) is 0. The zero-order chi connectivity index (χ0) is 21.4. The molecule has 0 saturated carbocycles. The average molecular weight is 422 g/mol. The van der Waals surface area contributed by atoms with E-state index in [1.807, 2.05) is 48.5 Å². The Kier molecular flexibility index (Phi) is 7.52. The minimum absolute atomic E-state index is 0.165. The molecule has 0 aliphatic heterocycles. The summed E-state index contributed by atoms with van der Waals surface area (Å²) in [5, 5.41) is 2.55. The second kappa shape index (κ2) is 10.3. The molecule has 3 aromatic carbocycles. The van der Waals surface area contributed by atoms with Crippen molar-refractivity contribution in [2.45, 2.75) is 17.5 Å². The summed E-state index contributed by atoms with van der Waals surface area (Å²) in [7, 11) is 1.66. The molecule has 6 heteroatoms. The van der Waals surface area contributed by atoms with Gasteiger partial charge < -0.3 is 10.1 Å². The number of thioether (sulfide) groups is 1. The largest absolute Gasteiger partial charge is 0.497 e. The third kappa shape index (κ3) is 5.02. The van der Waals surface area contributed by atoms with Crippen LogP contribution in [0.25, 0.3) is 0 Å². The van der Waals surface area contributed by atoms with E-state index in [9.17, 15) is 4.79 Å². The second-order valence-electron chi connectivity index (χ2n) is 6.83. The van der Waals surface area contributed by atoms with E-state index >= 15 is 0 Å². The maximum absolute atomic E-state index is 12.1. The molecule has 0 heterocycles. The number of ether oxygens (including phenoxy) is 1. The fourth-order valence-corrected chi connectivity index (χ4v) is 4.98. The molecule has 5 N–H and O–H groups in total. The zero-order valence-corrected chi connectivity index (χ0v) is 17.8. The van der Waals surface area contributed by atoms with E-state index in [-0.39, 0.29) is 5.91 Å². The highest BCUT2D eigenvalue weighted by atomic mass is 32.2. The number of rotatable bonds is 9. The zero-order valence-electron chi connectivity index (χ0n) is 17.0. The van der Waals surface area contributed by atoms with Crippen LogP contribution in [0, 0.1) is 0 Å². The van der Waals surface area contributed by atoms with E-state index in [1.54, 1.807) is 18.9 Å². The summed E-state index contributed by atoms with van der Waals surface area (Å²) < 4.78 is 4.87. The molecule has 5 nitrogen and oxygen atoms in total. The number of amides is 1. The third-order valence-corrected chi connectivity index (χ3v) is 6.38. The predicted molar refractivity (Wildman–Crippen MR) is 123 cm³/mol. The standard InChI is InChI=1S/C24H27N3O2S/c1-29-21-14-12-20(13-15-21)24(18-8-4-2-5-9-18,19-10-6-3-7-11-19)30-17-16-22(28)27-23(25)26/h2-15,23H,16-17,25-26H2,1H3,(H,27,28). The average Bonchev–Trinajstić information content (AvgIpc) is 2.78. The van der Waals surface area contributed by atoms with Crippen LogP contribution in [0.2, 0.25) is 0 Å². The number of benzene rings is 3. The van der Waals surface area contributed by atoms with Gasteiger partial charge in [0.15, 0.2) is 0 Å². The highest BCUT2D eigenvalue weighted by Crippen LogP contribution is 2.48. The molecule has 0 unspecified atom stereocenters. The molecule has 0 aliphatic carbocycles. The van der Waals surface area contributed by atoms with E-state index < -0.39 is 11.0 Å². The molecule has 0 saturated heterocycles. The van der Waals surface area contributed by atoms with Gasteiger partial charge in [0, 0.05) is 12.2 Å². The molecule has 30 heavy (non-hydrogen) atoms. The molecule has 1 amide bonds. The normalized spacial score (nSPS) is 11.3. The second-order valence-corrected chi connectivity index (χ2v) is 8.14. The van der Waals surface area contributed by atoms with Gasteiger partial charge in [-0.3, -0.25) is 16.3 Å². The smallest absolute Gasteiger partial charge is 0.223 e. The molecular weight excluding hydrogens is 394 g/mol. The Balaban J connectivity index is 2.06. The van der Waals surface area contributed by atoms with Gasteiger partial charge in [0.05, 0.1) is 11.9 Å². The number of carbonyl (C=O) groups excluding carboxylic acids is 1. The van der Waals surface area contributed by atoms with E-state index in [0.29, 0.717) is 12.2 Å². The lowest BCUT2D eigenvalue weighted by Crippen LogP contribution is -2.48. The van der Waals surface area contributed by atoms with Gasteiger partial charge in [-0.15, -0.1) is 11.8 Å². The van der Waals surface area contributed by atoms with Crippen LogP contribution in [0.3, 0.4) is 0 Å². The minimum atomic E-state index is -0.850. The summed E-state index contributed by atoms with van der Waals surface area (Å²) in [4.78, 5) is 12.1. The lowest BCUT2D eigenvalue weighted by molar-refractivity contribution is -0.121. The Bertz CT molecular complexity index is 892. The topological polar surface area (TPSA) is 90.4 Å². The van der Waals surface area contributed by atoms with Gasteiger partial charge in [0.2, 0.25) is 5.91 Å². The van der Waals surface area contributed by atoms with Gasteiger partial charge >= 0.3 is 0 Å². The highest BCUT2D eigenvalue weighted by molar-refractivity contribution is 8.00. The van der Waals surface area contributed by atoms with Gasteiger partial charge in [-0.25, -0.2) is 0 Å². The van der Waals surface area contributed by atoms with Crippen LogP contribution in [-0.2, 0) is 9.54 Å². The van der Waals surface area contributed by atoms with Crippen molar-refractivity contribution >= 4 is 17.7 Å². The number of methoxy groups -OCH3 is 1. The van der Waals surface area contributed by atoms with Crippen molar-refractivity contribution < 1.29 is 9.53 Å². The Morgan fingerprint density at radius 2 is 1.40 bits per heavy atom. The molecule has 0 aliphatic rings. The molecule has 156 valence electrons. The van der Waals surface area contributed by atoms with E-state index in [1.165, 1.54) is 0 Å². The van der Waals surface area contributed by atoms with Gasteiger partial charge in [0.25, 0.3) is 0 Å². The van der Waals surface area contributed by atoms with E-state index in [0.717, 1.165) is 22.4 Å². The van der Waals surface area contributed by atoms with E-state index in [4.69, 9.17) is 16.2 Å². The quantitative estimate of drug-likeness (QED) is 0.364. The summed E-state index contributed by atoms with van der Waals surface area (Å²) in [5.74, 6) is 1.23. The van der Waals surface area contributed by atoms with Gasteiger partial charge in [-0.2, -0.15) is 0 Å². The number of nitrogens with one attached hydrogen (secondary N) is 1. The maximum atomic E-state index is 12.1. The van der Waals surface area contributed by atoms with E-state index in [2.05, 4.69) is 41.7 Å². The first-order valence-electron chi connectivity index (χ1n) is 9.76. The maximum Gasteiger partial charge on any atom is 0.223 e. The van der Waals surface area contributed by atoms with Crippen molar-refractivity contribution in [3.05, 3.63) is 102 Å². The molecule has 0 aromatic heterocycles. The summed E-state index contributed by atoms with van der Waals surface area (Å²) in [5.41, 5.74) is 14.4. The van der Waals surface area contributed by atoms with Crippen molar-refractivity contribution in [3.63, 3.8) is 0 Å². The Labute approximate surface area is 181 Å². The highest BCUT2D eigenvalue weighted by Gasteiger charge is 2.37. The molecule has 0 atom stereocenters. The Hall–Kier alpha value is -2.80. The first kappa shape index (κ1) is 21.9. The van der Waals surface area contributed by atoms with Crippen molar-refractivity contribution in [1.29, 1.82) is 0 Å². The molecular formula is C24H27N3O2S. The Morgan fingerprint density at radius 1 is 0.900 bits per heavy atom. The molecule has 0 fully saturated rings. The summed E-state index contributed by atoms with van der Waals surface area (Å²) in [6, 6.07) is 28.8. The monoisotopic (exact) mass is 421 g/mol. The van der Waals surface area contributed by atoms with Crippen molar-refractivity contribution in [2.24, 2.45) is 11.5 Å². The molecule has 0 spiro atoms. The van der Waals surface area contributed by atoms with Crippen LogP contribution in [0.1, 0.15) is 23.1 Å². The van der Waals surface area contributed by atoms with Crippen LogP contribution in [0.15, 0.2) is 84.9 Å².